The molecule has 1 aliphatic heterocycles. The molecule has 2 rings (SSSR count). The van der Waals surface area contributed by atoms with Gasteiger partial charge in [0.2, 0.25) is 0 Å². The first kappa shape index (κ1) is 13.5. The van der Waals surface area contributed by atoms with Crippen molar-refractivity contribution in [1.29, 1.82) is 0 Å². The molecule has 0 unspecified atom stereocenters. The summed E-state index contributed by atoms with van der Waals surface area (Å²) in [5.41, 5.74) is 2.02. The second-order valence-corrected chi connectivity index (χ2v) is 4.82. The van der Waals surface area contributed by atoms with Gasteiger partial charge in [-0.2, -0.15) is 0 Å². The molecule has 0 aromatic carbocycles. The van der Waals surface area contributed by atoms with Crippen LogP contribution in [0.25, 0.3) is 0 Å². The second-order valence-electron chi connectivity index (χ2n) is 4.82. The van der Waals surface area contributed by atoms with E-state index < -0.39 is 6.09 Å². The highest BCUT2D eigenvalue weighted by molar-refractivity contribution is 5.78. The molecule has 19 heavy (non-hydrogen) atoms. The van der Waals surface area contributed by atoms with Crippen LogP contribution < -0.4 is 0 Å². The highest BCUT2D eigenvalue weighted by atomic mass is 16.4. The third-order valence-corrected chi connectivity index (χ3v) is 3.55. The third-order valence-electron chi connectivity index (χ3n) is 3.55. The smallest absolute Gasteiger partial charge is 0.407 e. The summed E-state index contributed by atoms with van der Waals surface area (Å²) in [4.78, 5) is 32.1. The van der Waals surface area contributed by atoms with Crippen LogP contribution in [0.1, 0.15) is 46.3 Å². The van der Waals surface area contributed by atoms with Crippen LogP contribution in [0.4, 0.5) is 4.79 Å². The molecule has 1 N–H and O–H groups in total. The summed E-state index contributed by atoms with van der Waals surface area (Å²) in [7, 11) is 0. The van der Waals surface area contributed by atoms with Crippen molar-refractivity contribution in [2.75, 3.05) is 13.1 Å². The molecule has 102 valence electrons. The van der Waals surface area contributed by atoms with Gasteiger partial charge in [0.05, 0.1) is 17.0 Å². The van der Waals surface area contributed by atoms with Crippen molar-refractivity contribution in [3.63, 3.8) is 0 Å². The van der Waals surface area contributed by atoms with E-state index in [0.29, 0.717) is 43.0 Å². The molecule has 0 aliphatic carbocycles. The Balaban J connectivity index is 2.24. The van der Waals surface area contributed by atoms with Gasteiger partial charge in [-0.1, -0.05) is 0 Å². The lowest BCUT2D eigenvalue weighted by Gasteiger charge is -2.30. The van der Waals surface area contributed by atoms with E-state index in [1.165, 1.54) is 4.90 Å². The molecule has 1 aliphatic rings. The van der Waals surface area contributed by atoms with Gasteiger partial charge in [0.15, 0.2) is 6.29 Å². The Morgan fingerprint density at radius 2 is 1.95 bits per heavy atom. The second kappa shape index (κ2) is 5.34. The van der Waals surface area contributed by atoms with Gasteiger partial charge in [-0.25, -0.2) is 14.8 Å². The fourth-order valence-electron chi connectivity index (χ4n) is 2.55. The molecule has 1 fully saturated rings. The Labute approximate surface area is 111 Å². The quantitative estimate of drug-likeness (QED) is 0.822. The van der Waals surface area contributed by atoms with Crippen molar-refractivity contribution >= 4 is 12.4 Å². The maximum Gasteiger partial charge on any atom is 0.407 e. The number of aryl methyl sites for hydroxylation is 2. The number of carboxylic acid groups (broad SMARTS) is 1. The molecule has 6 heteroatoms. The largest absolute Gasteiger partial charge is 0.465 e. The summed E-state index contributed by atoms with van der Waals surface area (Å²) < 4.78 is 0. The molecule has 6 nitrogen and oxygen atoms in total. The van der Waals surface area contributed by atoms with E-state index in [0.717, 1.165) is 12.0 Å². The average molecular weight is 263 g/mol. The normalized spacial score (nSPS) is 16.4. The molecular weight excluding hydrogens is 246 g/mol. The third kappa shape index (κ3) is 2.72. The van der Waals surface area contributed by atoms with Crippen molar-refractivity contribution in [3.8, 4) is 0 Å². The van der Waals surface area contributed by atoms with Crippen molar-refractivity contribution in [3.05, 3.63) is 22.8 Å². The Kier molecular flexibility index (Phi) is 3.78. The predicted octanol–water partition coefficient (Wildman–Crippen LogP) is 1.76. The number of carbonyl (C=O) groups excluding carboxylic acids is 1. The SMILES string of the molecule is Cc1nc(C)c(C=O)c(C2CCN(C(=O)O)CC2)n1. The van der Waals surface area contributed by atoms with Gasteiger partial charge < -0.3 is 10.0 Å². The number of aldehydes is 1. The molecular formula is C13H17N3O3. The van der Waals surface area contributed by atoms with Crippen LogP contribution >= 0.6 is 0 Å². The van der Waals surface area contributed by atoms with E-state index >= 15 is 0 Å². The standard InChI is InChI=1S/C13H17N3O3/c1-8-11(7-17)12(15-9(2)14-8)10-3-5-16(6-4-10)13(18)19/h7,10H,3-6H2,1-2H3,(H,18,19). The zero-order valence-electron chi connectivity index (χ0n) is 11.1. The summed E-state index contributed by atoms with van der Waals surface area (Å²) >= 11 is 0. The van der Waals surface area contributed by atoms with Gasteiger partial charge in [-0.05, 0) is 26.7 Å². The summed E-state index contributed by atoms with van der Waals surface area (Å²) in [5.74, 6) is 0.787. The molecule has 0 saturated carbocycles. The summed E-state index contributed by atoms with van der Waals surface area (Å²) in [6, 6.07) is 0. The van der Waals surface area contributed by atoms with Crippen molar-refractivity contribution in [1.82, 2.24) is 14.9 Å². The van der Waals surface area contributed by atoms with E-state index in [9.17, 15) is 9.59 Å². The average Bonchev–Trinajstić information content (AvgIpc) is 2.38. The number of hydrogen-bond donors (Lipinski definition) is 1. The monoisotopic (exact) mass is 263 g/mol. The molecule has 1 amide bonds. The van der Waals surface area contributed by atoms with Gasteiger partial charge in [0, 0.05) is 19.0 Å². The number of amides is 1. The van der Waals surface area contributed by atoms with Crippen LogP contribution in [0.5, 0.6) is 0 Å². The fraction of sp³-hybridized carbons (Fsp3) is 0.538. The first-order chi connectivity index (χ1) is 9.02. The number of rotatable bonds is 2. The fourth-order valence-corrected chi connectivity index (χ4v) is 2.55. The minimum atomic E-state index is -0.885. The molecule has 0 spiro atoms. The predicted molar refractivity (Wildman–Crippen MR) is 68.5 cm³/mol. The van der Waals surface area contributed by atoms with Gasteiger partial charge in [0.25, 0.3) is 0 Å². The van der Waals surface area contributed by atoms with Crippen LogP contribution in [0.2, 0.25) is 0 Å². The Bertz CT molecular complexity index is 508. The van der Waals surface area contributed by atoms with E-state index in [-0.39, 0.29) is 5.92 Å². The van der Waals surface area contributed by atoms with E-state index in [4.69, 9.17) is 5.11 Å². The van der Waals surface area contributed by atoms with Crippen LogP contribution in [-0.4, -0.2) is 45.4 Å². The first-order valence-corrected chi connectivity index (χ1v) is 6.31. The van der Waals surface area contributed by atoms with E-state index in [2.05, 4.69) is 9.97 Å². The van der Waals surface area contributed by atoms with Crippen LogP contribution in [-0.2, 0) is 0 Å². The van der Waals surface area contributed by atoms with Crippen molar-refractivity contribution in [2.45, 2.75) is 32.6 Å². The van der Waals surface area contributed by atoms with Gasteiger partial charge in [-0.3, -0.25) is 4.79 Å². The number of nitrogens with zero attached hydrogens (tertiary/aromatic N) is 3. The number of hydrogen-bond acceptors (Lipinski definition) is 4. The lowest BCUT2D eigenvalue weighted by atomic mass is 9.90. The van der Waals surface area contributed by atoms with E-state index in [1.54, 1.807) is 13.8 Å². The number of carbonyl (C=O) groups is 2. The summed E-state index contributed by atoms with van der Waals surface area (Å²) in [6.07, 6.45) is 1.31. The Morgan fingerprint density at radius 1 is 1.32 bits per heavy atom. The molecule has 0 atom stereocenters. The molecule has 1 saturated heterocycles. The number of piperidine rings is 1. The van der Waals surface area contributed by atoms with Gasteiger partial charge >= 0.3 is 6.09 Å². The Morgan fingerprint density at radius 3 is 2.47 bits per heavy atom. The Hall–Kier alpha value is -1.98. The summed E-state index contributed by atoms with van der Waals surface area (Å²) in [5, 5.41) is 8.93. The minimum absolute atomic E-state index is 0.135. The molecule has 2 heterocycles. The van der Waals surface area contributed by atoms with Gasteiger partial charge in [-0.15, -0.1) is 0 Å². The topological polar surface area (TPSA) is 83.4 Å². The minimum Gasteiger partial charge on any atom is -0.465 e. The molecule has 0 bridgehead atoms. The van der Waals surface area contributed by atoms with Crippen molar-refractivity contribution in [2.24, 2.45) is 0 Å². The molecule has 1 aromatic rings. The first-order valence-electron chi connectivity index (χ1n) is 6.31. The zero-order chi connectivity index (χ0) is 14.0. The highest BCUT2D eigenvalue weighted by Crippen LogP contribution is 2.29. The highest BCUT2D eigenvalue weighted by Gasteiger charge is 2.26. The summed E-state index contributed by atoms with van der Waals surface area (Å²) in [6.45, 7) is 4.58. The van der Waals surface area contributed by atoms with Crippen molar-refractivity contribution < 1.29 is 14.7 Å². The van der Waals surface area contributed by atoms with Gasteiger partial charge in [0.1, 0.15) is 5.82 Å². The molecule has 1 aromatic heterocycles. The maximum absolute atomic E-state index is 11.2. The van der Waals surface area contributed by atoms with Crippen LogP contribution in [0, 0.1) is 13.8 Å². The lowest BCUT2D eigenvalue weighted by molar-refractivity contribution is 0.111. The zero-order valence-corrected chi connectivity index (χ0v) is 11.1. The molecule has 0 radical (unpaired) electrons. The lowest BCUT2D eigenvalue weighted by Crippen LogP contribution is -2.37. The number of likely N-dealkylation sites (tertiary alicyclic amines) is 1. The van der Waals surface area contributed by atoms with Crippen LogP contribution in [0.3, 0.4) is 0 Å². The van der Waals surface area contributed by atoms with Crippen LogP contribution in [0.15, 0.2) is 0 Å². The number of aromatic nitrogens is 2. The maximum atomic E-state index is 11.2. The van der Waals surface area contributed by atoms with E-state index in [1.807, 2.05) is 0 Å².